The Morgan fingerprint density at radius 1 is 1.33 bits per heavy atom. The molecule has 21 heavy (non-hydrogen) atoms. The van der Waals surface area contributed by atoms with Crippen LogP contribution >= 0.6 is 0 Å². The molecular weight excluding hydrogens is 262 g/mol. The van der Waals surface area contributed by atoms with E-state index >= 15 is 0 Å². The minimum absolute atomic E-state index is 0.144. The molecule has 2 N–H and O–H groups in total. The van der Waals surface area contributed by atoms with Gasteiger partial charge in [-0.3, -0.25) is 4.79 Å². The fraction of sp³-hybridized carbons (Fsp3) is 0.588. The van der Waals surface area contributed by atoms with Crippen molar-refractivity contribution in [1.82, 2.24) is 10.6 Å². The Hall–Kier alpha value is -1.55. The summed E-state index contributed by atoms with van der Waals surface area (Å²) in [6.07, 6.45) is 2.07. The molecule has 1 aliphatic heterocycles. The Kier molecular flexibility index (Phi) is 5.23. The predicted octanol–water partition coefficient (Wildman–Crippen LogP) is 2.15. The molecule has 116 valence electrons. The highest BCUT2D eigenvalue weighted by Crippen LogP contribution is 2.33. The summed E-state index contributed by atoms with van der Waals surface area (Å²) in [6, 6.07) is 8.68. The van der Waals surface area contributed by atoms with Gasteiger partial charge in [-0.15, -0.1) is 0 Å². The third-order valence-electron chi connectivity index (χ3n) is 4.31. The second-order valence-electron chi connectivity index (χ2n) is 6.15. The molecular formula is C17H27N3O. The van der Waals surface area contributed by atoms with E-state index in [2.05, 4.69) is 53.6 Å². The number of carbonyl (C=O) groups is 1. The van der Waals surface area contributed by atoms with Crippen LogP contribution in [0.2, 0.25) is 0 Å². The predicted molar refractivity (Wildman–Crippen MR) is 87.4 cm³/mol. The maximum Gasteiger partial charge on any atom is 0.227 e. The third kappa shape index (κ3) is 3.76. The van der Waals surface area contributed by atoms with Crippen molar-refractivity contribution >= 4 is 11.6 Å². The number of nitrogens with zero attached hydrogens (tertiary/aromatic N) is 1. The van der Waals surface area contributed by atoms with Gasteiger partial charge in [0.05, 0.1) is 5.41 Å². The molecule has 1 aromatic rings. The average molecular weight is 289 g/mol. The van der Waals surface area contributed by atoms with Crippen LogP contribution in [-0.2, 0) is 11.3 Å². The van der Waals surface area contributed by atoms with E-state index in [0.29, 0.717) is 0 Å². The molecule has 0 radical (unpaired) electrons. The molecule has 1 amide bonds. The van der Waals surface area contributed by atoms with Gasteiger partial charge in [-0.25, -0.2) is 0 Å². The van der Waals surface area contributed by atoms with E-state index in [9.17, 15) is 4.79 Å². The topological polar surface area (TPSA) is 44.4 Å². The molecule has 0 saturated carbocycles. The van der Waals surface area contributed by atoms with Crippen LogP contribution in [0.1, 0.15) is 32.3 Å². The van der Waals surface area contributed by atoms with E-state index in [4.69, 9.17) is 0 Å². The average Bonchev–Trinajstić information content (AvgIpc) is 2.91. The molecule has 0 bridgehead atoms. The number of hydrogen-bond acceptors (Lipinski definition) is 3. The molecule has 1 aliphatic rings. The van der Waals surface area contributed by atoms with Crippen LogP contribution in [0.3, 0.4) is 0 Å². The quantitative estimate of drug-likeness (QED) is 0.789. The lowest BCUT2D eigenvalue weighted by molar-refractivity contribution is -0.128. The van der Waals surface area contributed by atoms with Crippen LogP contribution in [0.25, 0.3) is 0 Å². The van der Waals surface area contributed by atoms with E-state index in [1.54, 1.807) is 7.05 Å². The van der Waals surface area contributed by atoms with Gasteiger partial charge in [0, 0.05) is 32.4 Å². The Balaban J connectivity index is 1.96. The monoisotopic (exact) mass is 289 g/mol. The molecule has 1 unspecified atom stereocenters. The van der Waals surface area contributed by atoms with Crippen molar-refractivity contribution in [3.8, 4) is 0 Å². The van der Waals surface area contributed by atoms with Crippen LogP contribution in [0, 0.1) is 5.41 Å². The van der Waals surface area contributed by atoms with Crippen molar-refractivity contribution < 1.29 is 4.79 Å². The van der Waals surface area contributed by atoms with Crippen molar-refractivity contribution in [3.05, 3.63) is 29.8 Å². The summed E-state index contributed by atoms with van der Waals surface area (Å²) in [5, 5.41) is 6.19. The highest BCUT2D eigenvalue weighted by atomic mass is 16.2. The van der Waals surface area contributed by atoms with E-state index in [1.165, 1.54) is 11.3 Å². The summed E-state index contributed by atoms with van der Waals surface area (Å²) in [6.45, 7) is 7.93. The standard InChI is InChI=1S/C17H27N3O/c1-4-10-19-12-14-5-7-15(8-6-14)20-11-9-17(2,13-20)16(21)18-3/h5-8,19H,4,9-13H2,1-3H3,(H,18,21). The van der Waals surface area contributed by atoms with E-state index in [-0.39, 0.29) is 11.3 Å². The van der Waals surface area contributed by atoms with E-state index in [1.807, 2.05) is 0 Å². The van der Waals surface area contributed by atoms with E-state index in [0.717, 1.165) is 39.0 Å². The van der Waals surface area contributed by atoms with Crippen LogP contribution in [-0.4, -0.2) is 32.6 Å². The number of nitrogens with one attached hydrogen (secondary N) is 2. The normalized spacial score (nSPS) is 21.6. The minimum Gasteiger partial charge on any atom is -0.370 e. The number of carbonyl (C=O) groups excluding carboxylic acids is 1. The molecule has 0 aliphatic carbocycles. The van der Waals surface area contributed by atoms with E-state index < -0.39 is 0 Å². The fourth-order valence-electron chi connectivity index (χ4n) is 2.90. The lowest BCUT2D eigenvalue weighted by Gasteiger charge is -2.24. The Morgan fingerprint density at radius 3 is 2.67 bits per heavy atom. The van der Waals surface area contributed by atoms with Gasteiger partial charge in [0.1, 0.15) is 0 Å². The van der Waals surface area contributed by atoms with Crippen molar-refractivity contribution in [2.24, 2.45) is 5.41 Å². The highest BCUT2D eigenvalue weighted by Gasteiger charge is 2.39. The van der Waals surface area contributed by atoms with Crippen molar-refractivity contribution in [2.75, 3.05) is 31.6 Å². The molecule has 1 saturated heterocycles. The number of rotatable bonds is 6. The molecule has 0 spiro atoms. The van der Waals surface area contributed by atoms with Gasteiger partial charge in [-0.05, 0) is 44.0 Å². The first-order valence-corrected chi connectivity index (χ1v) is 7.86. The zero-order valence-corrected chi connectivity index (χ0v) is 13.4. The number of anilines is 1. The zero-order chi connectivity index (χ0) is 15.3. The van der Waals surface area contributed by atoms with Crippen LogP contribution in [0.5, 0.6) is 0 Å². The summed E-state index contributed by atoms with van der Waals surface area (Å²) < 4.78 is 0. The first-order valence-electron chi connectivity index (χ1n) is 7.86. The Morgan fingerprint density at radius 2 is 2.05 bits per heavy atom. The first-order chi connectivity index (χ1) is 10.1. The molecule has 1 aromatic carbocycles. The van der Waals surface area contributed by atoms with Gasteiger partial charge in [-0.1, -0.05) is 19.1 Å². The van der Waals surface area contributed by atoms with Crippen LogP contribution in [0.4, 0.5) is 5.69 Å². The number of benzene rings is 1. The molecule has 1 atom stereocenters. The van der Waals surface area contributed by atoms with Gasteiger partial charge in [-0.2, -0.15) is 0 Å². The van der Waals surface area contributed by atoms with Gasteiger partial charge in [0.2, 0.25) is 5.91 Å². The maximum atomic E-state index is 12.0. The highest BCUT2D eigenvalue weighted by molar-refractivity contribution is 5.83. The fourth-order valence-corrected chi connectivity index (χ4v) is 2.90. The second kappa shape index (κ2) is 6.94. The van der Waals surface area contributed by atoms with Crippen molar-refractivity contribution in [2.45, 2.75) is 33.2 Å². The summed E-state index contributed by atoms with van der Waals surface area (Å²) >= 11 is 0. The van der Waals surface area contributed by atoms with Gasteiger partial charge >= 0.3 is 0 Å². The number of hydrogen-bond donors (Lipinski definition) is 2. The largest absolute Gasteiger partial charge is 0.370 e. The van der Waals surface area contributed by atoms with Crippen LogP contribution < -0.4 is 15.5 Å². The molecule has 4 heteroatoms. The van der Waals surface area contributed by atoms with Crippen molar-refractivity contribution in [1.29, 1.82) is 0 Å². The molecule has 1 fully saturated rings. The first kappa shape index (κ1) is 15.8. The maximum absolute atomic E-state index is 12.0. The van der Waals surface area contributed by atoms with Crippen molar-refractivity contribution in [3.63, 3.8) is 0 Å². The minimum atomic E-state index is -0.268. The summed E-state index contributed by atoms with van der Waals surface area (Å²) in [5.74, 6) is 0.144. The lowest BCUT2D eigenvalue weighted by Crippen LogP contribution is -2.39. The Bertz CT molecular complexity index is 471. The second-order valence-corrected chi connectivity index (χ2v) is 6.15. The zero-order valence-electron chi connectivity index (χ0n) is 13.4. The summed E-state index contributed by atoms with van der Waals surface area (Å²) in [5.41, 5.74) is 2.25. The van der Waals surface area contributed by atoms with Gasteiger partial charge in [0.15, 0.2) is 0 Å². The smallest absolute Gasteiger partial charge is 0.227 e. The third-order valence-corrected chi connectivity index (χ3v) is 4.31. The molecule has 1 heterocycles. The SMILES string of the molecule is CCCNCc1ccc(N2CCC(C)(C(=O)NC)C2)cc1. The summed E-state index contributed by atoms with van der Waals surface area (Å²) in [7, 11) is 1.72. The van der Waals surface area contributed by atoms with Gasteiger partial charge < -0.3 is 15.5 Å². The van der Waals surface area contributed by atoms with Crippen LogP contribution in [0.15, 0.2) is 24.3 Å². The molecule has 4 nitrogen and oxygen atoms in total. The molecule has 0 aromatic heterocycles. The summed E-state index contributed by atoms with van der Waals surface area (Å²) in [4.78, 5) is 14.3. The Labute approximate surface area is 127 Å². The number of amides is 1. The lowest BCUT2D eigenvalue weighted by atomic mass is 9.89. The van der Waals surface area contributed by atoms with Gasteiger partial charge in [0.25, 0.3) is 0 Å². The molecule has 2 rings (SSSR count).